The molecule has 1 aliphatic carbocycles. The van der Waals surface area contributed by atoms with Gasteiger partial charge in [0.05, 0.1) is 0 Å². The molecule has 0 atom stereocenters. The number of hydrogen-bond donors (Lipinski definition) is 0. The molecule has 1 saturated carbocycles. The molecule has 3 heterocycles. The van der Waals surface area contributed by atoms with Crippen LogP contribution in [0.15, 0.2) is 12.4 Å². The highest BCUT2D eigenvalue weighted by molar-refractivity contribution is 5.14. The molecule has 25 heavy (non-hydrogen) atoms. The molecule has 0 N–H and O–H groups in total. The highest BCUT2D eigenvalue weighted by Gasteiger charge is 2.47. The molecule has 0 bridgehead atoms. The van der Waals surface area contributed by atoms with Crippen molar-refractivity contribution in [2.24, 2.45) is 5.41 Å². The van der Waals surface area contributed by atoms with Crippen molar-refractivity contribution in [2.75, 3.05) is 33.2 Å². The molecule has 2 saturated heterocycles. The summed E-state index contributed by atoms with van der Waals surface area (Å²) in [6.45, 7) is 9.45. The molecule has 138 valence electrons. The van der Waals surface area contributed by atoms with Gasteiger partial charge in [-0.1, -0.05) is 13.8 Å². The molecule has 1 aromatic rings. The average Bonchev–Trinajstić information content (AvgIpc) is 2.61. The maximum atomic E-state index is 4.57. The molecular formula is C21H34N4. The Morgan fingerprint density at radius 2 is 1.60 bits per heavy atom. The largest absolute Gasteiger partial charge is 0.306 e. The first kappa shape index (κ1) is 17.4. The summed E-state index contributed by atoms with van der Waals surface area (Å²) >= 11 is 0. The van der Waals surface area contributed by atoms with Crippen molar-refractivity contribution in [3.05, 3.63) is 23.8 Å². The van der Waals surface area contributed by atoms with E-state index >= 15 is 0 Å². The Morgan fingerprint density at radius 1 is 1.00 bits per heavy atom. The first-order chi connectivity index (χ1) is 12.0. The first-order valence-electron chi connectivity index (χ1n) is 10.3. The van der Waals surface area contributed by atoms with Crippen LogP contribution in [0.25, 0.3) is 0 Å². The zero-order valence-corrected chi connectivity index (χ0v) is 16.2. The second-order valence-electron chi connectivity index (χ2n) is 9.20. The Labute approximate surface area is 153 Å². The van der Waals surface area contributed by atoms with Crippen molar-refractivity contribution in [1.29, 1.82) is 0 Å². The molecule has 4 heteroatoms. The van der Waals surface area contributed by atoms with Gasteiger partial charge >= 0.3 is 0 Å². The number of piperidine rings is 2. The van der Waals surface area contributed by atoms with Gasteiger partial charge in [0.1, 0.15) is 5.82 Å². The van der Waals surface area contributed by atoms with Crippen LogP contribution in [0.4, 0.5) is 0 Å². The number of rotatable bonds is 3. The van der Waals surface area contributed by atoms with Gasteiger partial charge in [-0.3, -0.25) is 0 Å². The maximum absolute atomic E-state index is 4.57. The van der Waals surface area contributed by atoms with E-state index in [1.165, 1.54) is 70.3 Å². The van der Waals surface area contributed by atoms with E-state index in [-0.39, 0.29) is 0 Å². The quantitative estimate of drug-likeness (QED) is 0.839. The summed E-state index contributed by atoms with van der Waals surface area (Å²) in [5.41, 5.74) is 2.05. The Kier molecular flexibility index (Phi) is 4.85. The van der Waals surface area contributed by atoms with Gasteiger partial charge in [0.15, 0.2) is 0 Å². The van der Waals surface area contributed by atoms with E-state index < -0.39 is 0 Å². The smallest absolute Gasteiger partial charge is 0.130 e. The van der Waals surface area contributed by atoms with E-state index in [1.807, 2.05) is 0 Å². The lowest BCUT2D eigenvalue weighted by molar-refractivity contribution is -0.0456. The van der Waals surface area contributed by atoms with Crippen LogP contribution in [-0.2, 0) is 0 Å². The molecule has 1 spiro atoms. The summed E-state index contributed by atoms with van der Waals surface area (Å²) < 4.78 is 0. The number of hydrogen-bond acceptors (Lipinski definition) is 4. The summed E-state index contributed by atoms with van der Waals surface area (Å²) in [4.78, 5) is 14.4. The van der Waals surface area contributed by atoms with Crippen molar-refractivity contribution in [3.8, 4) is 0 Å². The number of aromatic nitrogens is 2. The lowest BCUT2D eigenvalue weighted by Gasteiger charge is -2.56. The van der Waals surface area contributed by atoms with E-state index in [2.05, 4.69) is 53.1 Å². The van der Waals surface area contributed by atoms with Crippen LogP contribution in [-0.4, -0.2) is 59.0 Å². The monoisotopic (exact) mass is 342 g/mol. The Hall–Kier alpha value is -1.00. The van der Waals surface area contributed by atoms with E-state index in [0.717, 1.165) is 11.9 Å². The lowest BCUT2D eigenvalue weighted by atomic mass is 9.60. The summed E-state index contributed by atoms with van der Waals surface area (Å²) in [5.74, 6) is 2.05. The molecule has 0 amide bonds. The minimum atomic E-state index is 0.418. The van der Waals surface area contributed by atoms with E-state index in [0.29, 0.717) is 17.3 Å². The van der Waals surface area contributed by atoms with Gasteiger partial charge in [0, 0.05) is 24.4 Å². The molecule has 0 radical (unpaired) electrons. The average molecular weight is 343 g/mol. The first-order valence-corrected chi connectivity index (χ1v) is 10.3. The highest BCUT2D eigenvalue weighted by atomic mass is 15.2. The van der Waals surface area contributed by atoms with Gasteiger partial charge < -0.3 is 9.80 Å². The van der Waals surface area contributed by atoms with Crippen LogP contribution in [0.2, 0.25) is 0 Å². The fourth-order valence-electron chi connectivity index (χ4n) is 5.15. The van der Waals surface area contributed by atoms with Crippen LogP contribution in [0.5, 0.6) is 0 Å². The van der Waals surface area contributed by atoms with Gasteiger partial charge in [-0.2, -0.15) is 0 Å². The van der Waals surface area contributed by atoms with E-state index in [9.17, 15) is 0 Å². The van der Waals surface area contributed by atoms with E-state index in [1.54, 1.807) is 0 Å². The molecule has 4 rings (SSSR count). The molecule has 3 aliphatic rings. The second-order valence-corrected chi connectivity index (χ2v) is 9.20. The van der Waals surface area contributed by atoms with Crippen molar-refractivity contribution < 1.29 is 0 Å². The summed E-state index contributed by atoms with van der Waals surface area (Å²) in [6.07, 6.45) is 12.5. The number of nitrogens with zero attached hydrogens (tertiary/aromatic N) is 4. The summed E-state index contributed by atoms with van der Waals surface area (Å²) in [5, 5.41) is 0. The van der Waals surface area contributed by atoms with E-state index in [4.69, 9.17) is 0 Å². The van der Waals surface area contributed by atoms with Crippen molar-refractivity contribution in [2.45, 2.75) is 70.3 Å². The van der Waals surface area contributed by atoms with Crippen LogP contribution in [0.3, 0.4) is 0 Å². The topological polar surface area (TPSA) is 32.3 Å². The zero-order chi connectivity index (χ0) is 17.4. The zero-order valence-electron chi connectivity index (χ0n) is 16.2. The minimum Gasteiger partial charge on any atom is -0.306 e. The molecule has 3 fully saturated rings. The fourth-order valence-corrected chi connectivity index (χ4v) is 5.15. The summed E-state index contributed by atoms with van der Waals surface area (Å²) in [6, 6.07) is 0.865. The molecule has 4 nitrogen and oxygen atoms in total. The Balaban J connectivity index is 1.26. The normalized spacial score (nSPS) is 26.2. The van der Waals surface area contributed by atoms with Crippen LogP contribution in [0, 0.1) is 5.41 Å². The van der Waals surface area contributed by atoms with Gasteiger partial charge in [-0.15, -0.1) is 0 Å². The fraction of sp³-hybridized carbons (Fsp3) is 0.810. The minimum absolute atomic E-state index is 0.418. The van der Waals surface area contributed by atoms with Gasteiger partial charge in [0.2, 0.25) is 0 Å². The van der Waals surface area contributed by atoms with Crippen molar-refractivity contribution in [1.82, 2.24) is 19.8 Å². The maximum Gasteiger partial charge on any atom is 0.130 e. The standard InChI is InChI=1S/C21H34N4/c1-16(2)20-22-14-18(15-23-20)17-4-8-25(9-5-17)19-12-21(13-19)6-10-24(3)11-7-21/h14-17,19H,4-13H2,1-3H3. The third kappa shape index (κ3) is 3.61. The Morgan fingerprint density at radius 3 is 2.16 bits per heavy atom. The predicted molar refractivity (Wildman–Crippen MR) is 102 cm³/mol. The van der Waals surface area contributed by atoms with Crippen LogP contribution >= 0.6 is 0 Å². The molecule has 1 aromatic heterocycles. The van der Waals surface area contributed by atoms with Crippen molar-refractivity contribution in [3.63, 3.8) is 0 Å². The Bertz CT molecular complexity index is 558. The van der Waals surface area contributed by atoms with Crippen LogP contribution < -0.4 is 0 Å². The summed E-state index contributed by atoms with van der Waals surface area (Å²) in [7, 11) is 2.27. The van der Waals surface area contributed by atoms with Gasteiger partial charge in [-0.05, 0) is 88.6 Å². The SMILES string of the molecule is CC(C)c1ncc(C2CCN(C3CC4(CCN(C)CC4)C3)CC2)cn1. The van der Waals surface area contributed by atoms with Gasteiger partial charge in [-0.25, -0.2) is 9.97 Å². The predicted octanol–water partition coefficient (Wildman–Crippen LogP) is 3.65. The molecule has 0 unspecified atom stereocenters. The van der Waals surface area contributed by atoms with Crippen molar-refractivity contribution >= 4 is 0 Å². The molecule has 0 aromatic carbocycles. The van der Waals surface area contributed by atoms with Crippen LogP contribution in [0.1, 0.15) is 75.6 Å². The molecule has 2 aliphatic heterocycles. The molecular weight excluding hydrogens is 308 g/mol. The number of likely N-dealkylation sites (tertiary alicyclic amines) is 2. The third-order valence-corrected chi connectivity index (χ3v) is 7.11. The third-order valence-electron chi connectivity index (χ3n) is 7.11. The van der Waals surface area contributed by atoms with Gasteiger partial charge in [0.25, 0.3) is 0 Å². The highest BCUT2D eigenvalue weighted by Crippen LogP contribution is 2.51. The second kappa shape index (κ2) is 6.96. The lowest BCUT2D eigenvalue weighted by Crippen LogP contribution is -2.55.